The lowest BCUT2D eigenvalue weighted by Crippen LogP contribution is -2.35. The Labute approximate surface area is 99.3 Å². The molecular formula is C13H22O2Si. The van der Waals surface area contributed by atoms with Crippen molar-refractivity contribution < 1.29 is 9.47 Å². The molecule has 16 heavy (non-hydrogen) atoms. The molecule has 2 heterocycles. The zero-order valence-electron chi connectivity index (χ0n) is 10.2. The molecule has 0 amide bonds. The molecule has 2 fully saturated rings. The molecule has 2 nitrogen and oxygen atoms in total. The first-order valence-electron chi connectivity index (χ1n) is 6.38. The summed E-state index contributed by atoms with van der Waals surface area (Å²) < 4.78 is 10.8. The maximum atomic E-state index is 5.45. The molecule has 2 saturated heterocycles. The molecule has 0 saturated carbocycles. The van der Waals surface area contributed by atoms with Gasteiger partial charge in [-0.25, -0.2) is 0 Å². The Balaban J connectivity index is 1.58. The highest BCUT2D eigenvalue weighted by Crippen LogP contribution is 2.32. The predicted molar refractivity (Wildman–Crippen MR) is 68.8 cm³/mol. The normalized spacial score (nSPS) is 28.7. The molecule has 1 unspecified atom stereocenters. The lowest BCUT2D eigenvalue weighted by molar-refractivity contribution is -0.0683. The summed E-state index contributed by atoms with van der Waals surface area (Å²) in [5.74, 6) is 0. The van der Waals surface area contributed by atoms with E-state index < -0.39 is 8.07 Å². The fourth-order valence-electron chi connectivity index (χ4n) is 2.19. The second-order valence-corrected chi connectivity index (χ2v) is 9.74. The zero-order valence-corrected chi connectivity index (χ0v) is 11.2. The number of hydrogen-bond acceptors (Lipinski definition) is 2. The lowest BCUT2D eigenvalue weighted by Gasteiger charge is -2.32. The van der Waals surface area contributed by atoms with E-state index in [0.29, 0.717) is 0 Å². The highest BCUT2D eigenvalue weighted by Gasteiger charge is 2.30. The summed E-state index contributed by atoms with van der Waals surface area (Å²) in [7, 11) is -0.862. The molecule has 2 aliphatic heterocycles. The Morgan fingerprint density at radius 2 is 2.19 bits per heavy atom. The van der Waals surface area contributed by atoms with Gasteiger partial charge in [0.05, 0.1) is 20.9 Å². The SMILES string of the molecule is C[Si]1(/C=C\C/C=C/OC2CCCO2)CCC1. The van der Waals surface area contributed by atoms with E-state index >= 15 is 0 Å². The van der Waals surface area contributed by atoms with Gasteiger partial charge in [-0.3, -0.25) is 0 Å². The predicted octanol–water partition coefficient (Wildman–Crippen LogP) is 3.62. The maximum Gasteiger partial charge on any atom is 0.198 e. The summed E-state index contributed by atoms with van der Waals surface area (Å²) in [5, 5.41) is 0. The van der Waals surface area contributed by atoms with Crippen molar-refractivity contribution in [2.75, 3.05) is 6.61 Å². The van der Waals surface area contributed by atoms with Gasteiger partial charge in [-0.1, -0.05) is 36.8 Å². The van der Waals surface area contributed by atoms with Crippen LogP contribution in [0.5, 0.6) is 0 Å². The minimum Gasteiger partial charge on any atom is -0.473 e. The largest absolute Gasteiger partial charge is 0.473 e. The maximum absolute atomic E-state index is 5.45. The Hall–Kier alpha value is -0.543. The third-order valence-electron chi connectivity index (χ3n) is 3.50. The van der Waals surface area contributed by atoms with E-state index in [1.54, 1.807) is 6.26 Å². The molecule has 0 N–H and O–H groups in total. The highest BCUT2D eigenvalue weighted by molar-refractivity contribution is 6.85. The standard InChI is InChI=1S/C13H22O2Si/c1-16(11-6-12-16)10-4-2-3-8-14-13-7-5-9-15-13/h3-4,8,10,13H,2,5-7,9,11-12H2,1H3/b8-3+,10-4-. The summed E-state index contributed by atoms with van der Waals surface area (Å²) in [6, 6.07) is 2.97. The van der Waals surface area contributed by atoms with Crippen molar-refractivity contribution in [2.45, 2.75) is 50.6 Å². The Morgan fingerprint density at radius 3 is 2.81 bits per heavy atom. The third kappa shape index (κ3) is 3.49. The summed E-state index contributed by atoms with van der Waals surface area (Å²) in [6.07, 6.45) is 10.8. The molecule has 2 aliphatic rings. The molecule has 0 aromatic rings. The van der Waals surface area contributed by atoms with Crippen molar-refractivity contribution >= 4 is 8.07 Å². The van der Waals surface area contributed by atoms with Gasteiger partial charge in [0.1, 0.15) is 0 Å². The average Bonchev–Trinajstić information content (AvgIpc) is 2.73. The molecule has 0 aliphatic carbocycles. The number of rotatable bonds is 5. The van der Waals surface area contributed by atoms with Crippen LogP contribution in [0, 0.1) is 0 Å². The van der Waals surface area contributed by atoms with E-state index in [2.05, 4.69) is 24.4 Å². The summed E-state index contributed by atoms with van der Waals surface area (Å²) in [6.45, 7) is 3.32. The van der Waals surface area contributed by atoms with Crippen LogP contribution in [0.3, 0.4) is 0 Å². The van der Waals surface area contributed by atoms with Gasteiger partial charge >= 0.3 is 0 Å². The van der Waals surface area contributed by atoms with Gasteiger partial charge < -0.3 is 9.47 Å². The van der Waals surface area contributed by atoms with E-state index in [1.165, 1.54) is 18.5 Å². The van der Waals surface area contributed by atoms with E-state index in [0.717, 1.165) is 25.9 Å². The van der Waals surface area contributed by atoms with Crippen molar-refractivity contribution in [1.82, 2.24) is 0 Å². The van der Waals surface area contributed by atoms with Crippen molar-refractivity contribution in [2.24, 2.45) is 0 Å². The van der Waals surface area contributed by atoms with Crippen LogP contribution in [-0.2, 0) is 9.47 Å². The number of ether oxygens (including phenoxy) is 2. The van der Waals surface area contributed by atoms with E-state index in [9.17, 15) is 0 Å². The van der Waals surface area contributed by atoms with Crippen LogP contribution in [0.25, 0.3) is 0 Å². The minimum absolute atomic E-state index is 0.0127. The first kappa shape index (κ1) is 11.9. The monoisotopic (exact) mass is 238 g/mol. The third-order valence-corrected chi connectivity index (χ3v) is 7.53. The van der Waals surface area contributed by atoms with Crippen LogP contribution in [0.2, 0.25) is 18.6 Å². The van der Waals surface area contributed by atoms with E-state index in [-0.39, 0.29) is 6.29 Å². The zero-order chi connectivity index (χ0) is 11.3. The van der Waals surface area contributed by atoms with Crippen LogP contribution in [0.1, 0.15) is 25.7 Å². The minimum atomic E-state index is -0.862. The molecule has 3 heteroatoms. The fourth-order valence-corrected chi connectivity index (χ4v) is 4.69. The molecular weight excluding hydrogens is 216 g/mol. The van der Waals surface area contributed by atoms with Crippen molar-refractivity contribution in [1.29, 1.82) is 0 Å². The van der Waals surface area contributed by atoms with Gasteiger partial charge in [-0.2, -0.15) is 0 Å². The molecule has 0 bridgehead atoms. The molecule has 1 atom stereocenters. The average molecular weight is 238 g/mol. The van der Waals surface area contributed by atoms with Crippen molar-refractivity contribution in [3.05, 3.63) is 24.1 Å². The van der Waals surface area contributed by atoms with Gasteiger partial charge in [0.2, 0.25) is 0 Å². The van der Waals surface area contributed by atoms with Crippen molar-refractivity contribution in [3.8, 4) is 0 Å². The number of allylic oxidation sites excluding steroid dienone is 2. The van der Waals surface area contributed by atoms with Crippen LogP contribution >= 0.6 is 0 Å². The molecule has 2 rings (SSSR count). The molecule has 0 radical (unpaired) electrons. The summed E-state index contributed by atoms with van der Waals surface area (Å²) in [5.41, 5.74) is 2.49. The fraction of sp³-hybridized carbons (Fsp3) is 0.692. The number of hydrogen-bond donors (Lipinski definition) is 0. The van der Waals surface area contributed by atoms with Crippen LogP contribution in [-0.4, -0.2) is 21.0 Å². The van der Waals surface area contributed by atoms with Gasteiger partial charge in [0.25, 0.3) is 0 Å². The molecule has 90 valence electrons. The first-order valence-corrected chi connectivity index (χ1v) is 9.37. The van der Waals surface area contributed by atoms with E-state index in [4.69, 9.17) is 9.47 Å². The quantitative estimate of drug-likeness (QED) is 0.538. The van der Waals surface area contributed by atoms with Gasteiger partial charge in [0.15, 0.2) is 6.29 Å². The molecule has 0 spiro atoms. The Kier molecular flexibility index (Phi) is 4.24. The summed E-state index contributed by atoms with van der Waals surface area (Å²) in [4.78, 5) is 0. The highest BCUT2D eigenvalue weighted by atomic mass is 28.3. The van der Waals surface area contributed by atoms with E-state index in [1.807, 2.05) is 0 Å². The van der Waals surface area contributed by atoms with Crippen molar-refractivity contribution in [3.63, 3.8) is 0 Å². The van der Waals surface area contributed by atoms with Gasteiger partial charge in [0, 0.05) is 6.42 Å². The lowest BCUT2D eigenvalue weighted by atomic mass is 10.4. The van der Waals surface area contributed by atoms with Crippen LogP contribution in [0.4, 0.5) is 0 Å². The van der Waals surface area contributed by atoms with Crippen LogP contribution in [0.15, 0.2) is 24.1 Å². The summed E-state index contributed by atoms with van der Waals surface area (Å²) >= 11 is 0. The Bertz CT molecular complexity index is 263. The topological polar surface area (TPSA) is 18.5 Å². The molecule has 0 aromatic carbocycles. The van der Waals surface area contributed by atoms with Crippen LogP contribution < -0.4 is 0 Å². The molecule has 0 aromatic heterocycles. The first-order chi connectivity index (χ1) is 7.79. The smallest absolute Gasteiger partial charge is 0.198 e. The Morgan fingerprint density at radius 1 is 1.31 bits per heavy atom. The van der Waals surface area contributed by atoms with Gasteiger partial charge in [-0.05, 0) is 18.9 Å². The second kappa shape index (κ2) is 5.69. The second-order valence-electron chi connectivity index (χ2n) is 5.10. The van der Waals surface area contributed by atoms with Gasteiger partial charge in [-0.15, -0.1) is 0 Å².